The second kappa shape index (κ2) is 11.0. The normalized spacial score (nSPS) is 13.0. The monoisotopic (exact) mass is 561 g/mol. The van der Waals surface area contributed by atoms with Gasteiger partial charge in [0.05, 0.1) is 37.8 Å². The quantitative estimate of drug-likeness (QED) is 0.278. The predicted octanol–water partition coefficient (Wildman–Crippen LogP) is 8.16. The Balaban J connectivity index is 1.91. The Morgan fingerprint density at radius 2 is 1.49 bits per heavy atom. The molecule has 1 atom stereocenters. The van der Waals surface area contributed by atoms with Crippen LogP contribution in [0.5, 0.6) is 11.5 Å². The van der Waals surface area contributed by atoms with Crippen LogP contribution in [-0.4, -0.2) is 12.4 Å². The van der Waals surface area contributed by atoms with Crippen LogP contribution in [0.4, 0.5) is 13.2 Å². The summed E-state index contributed by atoms with van der Waals surface area (Å²) in [6, 6.07) is 15.0. The van der Waals surface area contributed by atoms with Crippen LogP contribution >= 0.6 is 46.4 Å². The Kier molecular flexibility index (Phi) is 8.45. The molecule has 11 heteroatoms. The molecule has 3 rings (SSSR count). The number of nitrogens with zero attached hydrogens (tertiary/aromatic N) is 1. The van der Waals surface area contributed by atoms with Crippen LogP contribution in [0, 0.1) is 11.3 Å². The molecule has 0 radical (unpaired) electrons. The van der Waals surface area contributed by atoms with Gasteiger partial charge >= 0.3 is 6.18 Å². The summed E-state index contributed by atoms with van der Waals surface area (Å²) < 4.78 is 49.8. The van der Waals surface area contributed by atoms with E-state index in [1.807, 2.05) is 6.07 Å². The number of hydrogen-bond donors (Lipinski definition) is 0. The summed E-state index contributed by atoms with van der Waals surface area (Å²) in [4.78, 5) is 13.4. The lowest BCUT2D eigenvalue weighted by molar-refractivity contribution is -0.137. The van der Waals surface area contributed by atoms with Gasteiger partial charge in [0.1, 0.15) is 17.6 Å². The zero-order valence-electron chi connectivity index (χ0n) is 17.5. The molecule has 0 aliphatic carbocycles. The largest absolute Gasteiger partial charge is 0.492 e. The molecule has 3 aromatic rings. The molecular weight excluding hydrogens is 549 g/mol. The van der Waals surface area contributed by atoms with Crippen LogP contribution in [0.3, 0.4) is 0 Å². The third kappa shape index (κ3) is 5.96. The molecule has 0 aliphatic heterocycles. The molecule has 0 aromatic heterocycles. The lowest BCUT2D eigenvalue weighted by Crippen LogP contribution is -2.42. The van der Waals surface area contributed by atoms with Gasteiger partial charge in [-0.3, -0.25) is 4.79 Å². The van der Waals surface area contributed by atoms with E-state index in [-0.39, 0.29) is 43.8 Å². The number of halogens is 7. The van der Waals surface area contributed by atoms with Crippen molar-refractivity contribution in [1.82, 2.24) is 0 Å². The van der Waals surface area contributed by atoms with E-state index in [0.29, 0.717) is 6.07 Å². The maximum Gasteiger partial charge on any atom is 0.416 e. The summed E-state index contributed by atoms with van der Waals surface area (Å²) in [5.74, 6) is -0.817. The smallest absolute Gasteiger partial charge is 0.416 e. The Morgan fingerprint density at radius 1 is 0.857 bits per heavy atom. The molecule has 0 aliphatic rings. The third-order valence-corrected chi connectivity index (χ3v) is 6.05. The van der Waals surface area contributed by atoms with Crippen LogP contribution in [-0.2, 0) is 16.6 Å². The molecule has 4 nitrogen and oxygen atoms in total. The van der Waals surface area contributed by atoms with E-state index in [2.05, 4.69) is 0 Å². The van der Waals surface area contributed by atoms with E-state index < -0.39 is 29.5 Å². The summed E-state index contributed by atoms with van der Waals surface area (Å²) >= 11 is 24.7. The summed E-state index contributed by atoms with van der Waals surface area (Å²) in [5, 5.41) is 10.00. The van der Waals surface area contributed by atoms with Gasteiger partial charge in [-0.1, -0.05) is 64.6 Å². The van der Waals surface area contributed by atoms with Gasteiger partial charge in [0.2, 0.25) is 0 Å². The fourth-order valence-corrected chi connectivity index (χ4v) is 4.21. The minimum Gasteiger partial charge on any atom is -0.492 e. The second-order valence-electron chi connectivity index (χ2n) is 7.09. The molecule has 0 N–H and O–H groups in total. The number of ether oxygens (including phenoxy) is 2. The maximum atomic E-state index is 13.4. The highest BCUT2D eigenvalue weighted by Gasteiger charge is 2.46. The van der Waals surface area contributed by atoms with E-state index in [1.54, 1.807) is 12.1 Å². The number of carbonyl (C=O) groups is 1. The van der Waals surface area contributed by atoms with Crippen molar-refractivity contribution < 1.29 is 27.4 Å². The van der Waals surface area contributed by atoms with Gasteiger partial charge in [-0.05, 0) is 42.5 Å². The Hall–Kier alpha value is -2.63. The average Bonchev–Trinajstić information content (AvgIpc) is 2.79. The fourth-order valence-electron chi connectivity index (χ4n) is 3.14. The molecule has 0 fully saturated rings. The molecule has 1 unspecified atom stereocenters. The van der Waals surface area contributed by atoms with Crippen molar-refractivity contribution in [2.75, 3.05) is 6.61 Å². The first-order valence-electron chi connectivity index (χ1n) is 9.81. The van der Waals surface area contributed by atoms with E-state index >= 15 is 0 Å². The number of rotatable bonds is 8. The molecule has 3 aromatic carbocycles. The zero-order valence-corrected chi connectivity index (χ0v) is 20.5. The van der Waals surface area contributed by atoms with Gasteiger partial charge in [-0.2, -0.15) is 18.4 Å². The Bertz CT molecular complexity index is 1270. The van der Waals surface area contributed by atoms with Crippen molar-refractivity contribution in [3.8, 4) is 17.6 Å². The van der Waals surface area contributed by atoms with Crippen LogP contribution in [0.1, 0.15) is 17.5 Å². The topological polar surface area (TPSA) is 59.3 Å². The van der Waals surface area contributed by atoms with E-state index in [9.17, 15) is 23.2 Å². The minimum atomic E-state index is -4.57. The molecule has 0 saturated heterocycles. The van der Waals surface area contributed by atoms with E-state index in [0.717, 1.165) is 12.1 Å². The highest BCUT2D eigenvalue weighted by atomic mass is 35.5. The number of hydrogen-bond acceptors (Lipinski definition) is 4. The fraction of sp³-hybridized carbons (Fsp3) is 0.167. The van der Waals surface area contributed by atoms with Crippen molar-refractivity contribution in [3.05, 3.63) is 91.9 Å². The van der Waals surface area contributed by atoms with Gasteiger partial charge in [-0.15, -0.1) is 0 Å². The molecule has 0 heterocycles. The van der Waals surface area contributed by atoms with Crippen LogP contribution in [0.25, 0.3) is 0 Å². The molecular formula is C24H14Cl4F3NO3. The van der Waals surface area contributed by atoms with E-state index in [4.69, 9.17) is 55.9 Å². The first kappa shape index (κ1) is 27.0. The van der Waals surface area contributed by atoms with Crippen molar-refractivity contribution in [2.24, 2.45) is 0 Å². The number of benzene rings is 3. The number of para-hydroxylation sites is 1. The third-order valence-electron chi connectivity index (χ3n) is 4.81. The first-order valence-corrected chi connectivity index (χ1v) is 11.3. The average molecular weight is 563 g/mol. The number of nitriles is 1. The van der Waals surface area contributed by atoms with Gasteiger partial charge in [0.25, 0.3) is 5.60 Å². The Labute approximate surface area is 218 Å². The summed E-state index contributed by atoms with van der Waals surface area (Å²) in [5.41, 5.74) is -3.33. The highest BCUT2D eigenvalue weighted by molar-refractivity contribution is 6.37. The molecule has 0 amide bonds. The summed E-state index contributed by atoms with van der Waals surface area (Å²) in [6.45, 7) is -0.332. The van der Waals surface area contributed by atoms with Crippen molar-refractivity contribution >= 4 is 52.2 Å². The minimum absolute atomic E-state index is 0.00570. The molecule has 0 saturated carbocycles. The van der Waals surface area contributed by atoms with Gasteiger partial charge in [0, 0.05) is 6.42 Å². The molecule has 35 heavy (non-hydrogen) atoms. The van der Waals surface area contributed by atoms with Crippen LogP contribution in [0.15, 0.2) is 60.7 Å². The SMILES string of the molecule is N#CC(Oc1ccccc1Cl)(C(=O)CCOc1ccc(C(F)(F)F)cc1Cl)c1c(Cl)cccc1Cl. The number of alkyl halides is 3. The highest BCUT2D eigenvalue weighted by Crippen LogP contribution is 2.41. The van der Waals surface area contributed by atoms with Crippen LogP contribution in [0.2, 0.25) is 20.1 Å². The standard InChI is InChI=1S/C24H14Cl4F3NO3/c25-15-4-1-2-7-20(15)35-23(13-32,22-16(26)5-3-6-17(22)27)21(33)10-11-34-19-9-8-14(12-18(19)28)24(29,30)31/h1-9,12H,10-11H2. The number of carbonyl (C=O) groups excluding carboxylic acids is 1. The number of ketones is 1. The molecule has 0 spiro atoms. The zero-order chi connectivity index (χ0) is 25.8. The molecule has 182 valence electrons. The van der Waals surface area contributed by atoms with Crippen molar-refractivity contribution in [3.63, 3.8) is 0 Å². The Morgan fingerprint density at radius 3 is 2.06 bits per heavy atom. The van der Waals surface area contributed by atoms with Crippen LogP contribution < -0.4 is 9.47 Å². The number of Topliss-reactive ketones (excluding diaryl/α,β-unsaturated/α-hetero) is 1. The second-order valence-corrected chi connectivity index (χ2v) is 8.72. The molecule has 0 bridgehead atoms. The lowest BCUT2D eigenvalue weighted by Gasteiger charge is -2.29. The van der Waals surface area contributed by atoms with E-state index in [1.165, 1.54) is 30.3 Å². The first-order chi connectivity index (χ1) is 16.5. The van der Waals surface area contributed by atoms with Crippen molar-refractivity contribution in [2.45, 2.75) is 18.2 Å². The lowest BCUT2D eigenvalue weighted by atomic mass is 9.88. The summed E-state index contributed by atoms with van der Waals surface area (Å²) in [7, 11) is 0. The van der Waals surface area contributed by atoms with Crippen molar-refractivity contribution in [1.29, 1.82) is 5.26 Å². The van der Waals surface area contributed by atoms with Gasteiger partial charge < -0.3 is 9.47 Å². The van der Waals surface area contributed by atoms with Gasteiger partial charge in [0.15, 0.2) is 5.78 Å². The summed E-state index contributed by atoms with van der Waals surface area (Å²) in [6.07, 6.45) is -4.98. The maximum absolute atomic E-state index is 13.4. The predicted molar refractivity (Wildman–Crippen MR) is 127 cm³/mol. The van der Waals surface area contributed by atoms with Gasteiger partial charge in [-0.25, -0.2) is 0 Å².